The van der Waals surface area contributed by atoms with Crippen molar-refractivity contribution in [1.29, 1.82) is 0 Å². The SMILES string of the molecule is O=C1CC(COc2cccc3c(NCc4ccccc4)cc(Cl)nc23)CN1. The maximum absolute atomic E-state index is 11.4. The van der Waals surface area contributed by atoms with E-state index in [0.717, 1.165) is 16.6 Å². The van der Waals surface area contributed by atoms with E-state index >= 15 is 0 Å². The van der Waals surface area contributed by atoms with E-state index in [9.17, 15) is 4.79 Å². The van der Waals surface area contributed by atoms with E-state index in [0.29, 0.717) is 37.0 Å². The van der Waals surface area contributed by atoms with Gasteiger partial charge in [-0.3, -0.25) is 4.79 Å². The van der Waals surface area contributed by atoms with Crippen LogP contribution in [0.3, 0.4) is 0 Å². The third-order valence-electron chi connectivity index (χ3n) is 4.63. The van der Waals surface area contributed by atoms with Gasteiger partial charge in [0, 0.05) is 36.5 Å². The van der Waals surface area contributed by atoms with E-state index in [1.165, 1.54) is 5.56 Å². The molecule has 0 bridgehead atoms. The normalized spacial score (nSPS) is 16.3. The van der Waals surface area contributed by atoms with Crippen molar-refractivity contribution in [2.75, 3.05) is 18.5 Å². The first kappa shape index (κ1) is 17.6. The molecule has 2 heterocycles. The number of pyridine rings is 1. The average molecular weight is 382 g/mol. The van der Waals surface area contributed by atoms with E-state index in [1.54, 1.807) is 0 Å². The fourth-order valence-electron chi connectivity index (χ4n) is 3.24. The molecule has 6 heteroatoms. The Morgan fingerprint density at radius 2 is 2.04 bits per heavy atom. The number of carbonyl (C=O) groups excluding carboxylic acids is 1. The van der Waals surface area contributed by atoms with Crippen molar-refractivity contribution in [3.8, 4) is 5.75 Å². The average Bonchev–Trinajstić information content (AvgIpc) is 3.10. The highest BCUT2D eigenvalue weighted by molar-refractivity contribution is 6.30. The number of hydrogen-bond acceptors (Lipinski definition) is 4. The molecule has 5 nitrogen and oxygen atoms in total. The zero-order chi connectivity index (χ0) is 18.6. The highest BCUT2D eigenvalue weighted by Gasteiger charge is 2.22. The van der Waals surface area contributed by atoms with Gasteiger partial charge >= 0.3 is 0 Å². The molecule has 1 aromatic heterocycles. The summed E-state index contributed by atoms with van der Waals surface area (Å²) in [4.78, 5) is 15.8. The number of benzene rings is 2. The molecular formula is C21H20ClN3O2. The van der Waals surface area contributed by atoms with Gasteiger partial charge in [0.25, 0.3) is 0 Å². The minimum atomic E-state index is 0.0788. The molecule has 1 unspecified atom stereocenters. The maximum atomic E-state index is 11.4. The van der Waals surface area contributed by atoms with E-state index in [4.69, 9.17) is 16.3 Å². The van der Waals surface area contributed by atoms with Gasteiger partial charge in [-0.15, -0.1) is 0 Å². The molecule has 0 spiro atoms. The van der Waals surface area contributed by atoms with Gasteiger partial charge in [0.2, 0.25) is 5.91 Å². The molecule has 1 saturated heterocycles. The van der Waals surface area contributed by atoms with Gasteiger partial charge < -0.3 is 15.4 Å². The van der Waals surface area contributed by atoms with Crippen molar-refractivity contribution in [1.82, 2.24) is 10.3 Å². The number of fused-ring (bicyclic) bond motifs is 1. The van der Waals surface area contributed by atoms with Crippen molar-refractivity contribution in [2.45, 2.75) is 13.0 Å². The number of ether oxygens (including phenoxy) is 1. The third kappa shape index (κ3) is 4.14. The number of amides is 1. The lowest BCUT2D eigenvalue weighted by molar-refractivity contribution is -0.119. The van der Waals surface area contributed by atoms with Crippen LogP contribution in [-0.2, 0) is 11.3 Å². The molecule has 4 rings (SSSR count). The Morgan fingerprint density at radius 1 is 1.19 bits per heavy atom. The van der Waals surface area contributed by atoms with Crippen LogP contribution >= 0.6 is 11.6 Å². The van der Waals surface area contributed by atoms with Gasteiger partial charge in [-0.2, -0.15) is 0 Å². The minimum absolute atomic E-state index is 0.0788. The van der Waals surface area contributed by atoms with Crippen LogP contribution in [0.5, 0.6) is 5.75 Å². The molecule has 1 fully saturated rings. The number of aromatic nitrogens is 1. The molecule has 2 N–H and O–H groups in total. The van der Waals surface area contributed by atoms with Crippen LogP contribution < -0.4 is 15.4 Å². The summed E-state index contributed by atoms with van der Waals surface area (Å²) in [7, 11) is 0. The lowest BCUT2D eigenvalue weighted by Gasteiger charge is -2.15. The van der Waals surface area contributed by atoms with Crippen LogP contribution in [0, 0.1) is 5.92 Å². The fourth-order valence-corrected chi connectivity index (χ4v) is 3.43. The van der Waals surface area contributed by atoms with Crippen LogP contribution in [0.2, 0.25) is 5.15 Å². The zero-order valence-corrected chi connectivity index (χ0v) is 15.5. The number of anilines is 1. The molecule has 0 aliphatic carbocycles. The number of carbonyl (C=O) groups is 1. The van der Waals surface area contributed by atoms with Gasteiger partial charge in [-0.25, -0.2) is 4.98 Å². The second kappa shape index (κ2) is 7.84. The molecule has 1 aliphatic heterocycles. The largest absolute Gasteiger partial charge is 0.491 e. The highest BCUT2D eigenvalue weighted by Crippen LogP contribution is 2.32. The summed E-state index contributed by atoms with van der Waals surface area (Å²) in [5, 5.41) is 7.63. The predicted octanol–water partition coefficient (Wildman–Crippen LogP) is 4.02. The predicted molar refractivity (Wildman–Crippen MR) is 107 cm³/mol. The van der Waals surface area contributed by atoms with E-state index in [2.05, 4.69) is 27.8 Å². The third-order valence-corrected chi connectivity index (χ3v) is 4.83. The van der Waals surface area contributed by atoms with Crippen molar-refractivity contribution in [2.24, 2.45) is 5.92 Å². The molecule has 27 heavy (non-hydrogen) atoms. The van der Waals surface area contributed by atoms with E-state index in [-0.39, 0.29) is 11.8 Å². The summed E-state index contributed by atoms with van der Waals surface area (Å²) in [5.41, 5.74) is 2.82. The Bertz CT molecular complexity index is 962. The summed E-state index contributed by atoms with van der Waals surface area (Å²) in [5.74, 6) is 0.940. The molecule has 2 aromatic carbocycles. The minimum Gasteiger partial charge on any atom is -0.491 e. The fraction of sp³-hybridized carbons (Fsp3) is 0.238. The Morgan fingerprint density at radius 3 is 2.81 bits per heavy atom. The Balaban J connectivity index is 1.56. The molecule has 3 aromatic rings. The van der Waals surface area contributed by atoms with Crippen molar-refractivity contribution in [3.05, 3.63) is 65.3 Å². The first-order chi connectivity index (χ1) is 13.2. The lowest BCUT2D eigenvalue weighted by Crippen LogP contribution is -2.16. The second-order valence-corrected chi connectivity index (χ2v) is 7.06. The number of nitrogens with one attached hydrogen (secondary N) is 2. The Hall–Kier alpha value is -2.79. The van der Waals surface area contributed by atoms with Crippen LogP contribution in [0.15, 0.2) is 54.6 Å². The topological polar surface area (TPSA) is 63.2 Å². The molecular weight excluding hydrogens is 362 g/mol. The van der Waals surface area contributed by atoms with E-state index < -0.39 is 0 Å². The quantitative estimate of drug-likeness (QED) is 0.633. The molecule has 138 valence electrons. The van der Waals surface area contributed by atoms with Crippen LogP contribution in [0.4, 0.5) is 5.69 Å². The van der Waals surface area contributed by atoms with Crippen LogP contribution in [0.25, 0.3) is 10.9 Å². The number of hydrogen-bond donors (Lipinski definition) is 2. The second-order valence-electron chi connectivity index (χ2n) is 6.67. The summed E-state index contributed by atoms with van der Waals surface area (Å²) >= 11 is 6.26. The number of para-hydroxylation sites is 1. The van der Waals surface area contributed by atoms with Crippen molar-refractivity contribution < 1.29 is 9.53 Å². The number of nitrogens with zero attached hydrogens (tertiary/aromatic N) is 1. The molecule has 1 aliphatic rings. The Kier molecular flexibility index (Phi) is 5.12. The highest BCUT2D eigenvalue weighted by atomic mass is 35.5. The van der Waals surface area contributed by atoms with E-state index in [1.807, 2.05) is 42.5 Å². The summed E-state index contributed by atoms with van der Waals surface area (Å²) in [6.07, 6.45) is 0.503. The lowest BCUT2D eigenvalue weighted by atomic mass is 10.1. The van der Waals surface area contributed by atoms with Crippen LogP contribution in [0.1, 0.15) is 12.0 Å². The summed E-state index contributed by atoms with van der Waals surface area (Å²) in [6, 6.07) is 17.8. The summed E-state index contributed by atoms with van der Waals surface area (Å²) < 4.78 is 5.98. The number of rotatable bonds is 6. The standard InChI is InChI=1S/C21H20ClN3O2/c22-19-10-17(23-11-14-5-2-1-3-6-14)16-7-4-8-18(21(16)25-19)27-13-15-9-20(26)24-12-15/h1-8,10,15H,9,11-13H2,(H,23,25)(H,24,26). The molecule has 1 atom stereocenters. The first-order valence-corrected chi connectivity index (χ1v) is 9.33. The van der Waals surface area contributed by atoms with Crippen LogP contribution in [-0.4, -0.2) is 24.0 Å². The van der Waals surface area contributed by atoms with Gasteiger partial charge in [0.1, 0.15) is 16.4 Å². The van der Waals surface area contributed by atoms with Gasteiger partial charge in [-0.1, -0.05) is 54.1 Å². The zero-order valence-electron chi connectivity index (χ0n) is 14.7. The first-order valence-electron chi connectivity index (χ1n) is 8.95. The molecule has 1 amide bonds. The van der Waals surface area contributed by atoms with Crippen molar-refractivity contribution >= 4 is 34.1 Å². The van der Waals surface area contributed by atoms with Gasteiger partial charge in [0.05, 0.1) is 6.61 Å². The van der Waals surface area contributed by atoms with Gasteiger partial charge in [0.15, 0.2) is 0 Å². The molecule has 0 radical (unpaired) electrons. The van der Waals surface area contributed by atoms with Gasteiger partial charge in [-0.05, 0) is 17.7 Å². The summed E-state index contributed by atoms with van der Waals surface area (Å²) in [6.45, 7) is 1.82. The van der Waals surface area contributed by atoms with Crippen molar-refractivity contribution in [3.63, 3.8) is 0 Å². The number of halogens is 1. The monoisotopic (exact) mass is 381 g/mol. The Labute approximate surface area is 162 Å². The molecule has 0 saturated carbocycles. The smallest absolute Gasteiger partial charge is 0.220 e. The maximum Gasteiger partial charge on any atom is 0.220 e.